The van der Waals surface area contributed by atoms with Crippen molar-refractivity contribution >= 4 is 12.2 Å². The van der Waals surface area contributed by atoms with Gasteiger partial charge in [-0.05, 0) is 82.8 Å². The zero-order valence-electron chi connectivity index (χ0n) is 19.9. The van der Waals surface area contributed by atoms with E-state index in [1.54, 1.807) is 0 Å². The van der Waals surface area contributed by atoms with Crippen molar-refractivity contribution in [2.75, 3.05) is 7.11 Å². The van der Waals surface area contributed by atoms with Gasteiger partial charge in [-0.2, -0.15) is 0 Å². The van der Waals surface area contributed by atoms with Gasteiger partial charge in [-0.1, -0.05) is 33.8 Å². The summed E-state index contributed by atoms with van der Waals surface area (Å²) in [6.07, 6.45) is 2.02. The zero-order valence-corrected chi connectivity index (χ0v) is 20.7. The van der Waals surface area contributed by atoms with Gasteiger partial charge in [0.05, 0.1) is 18.4 Å². The Hall–Kier alpha value is -2.67. The first kappa shape index (κ1) is 23.5. The Morgan fingerprint density at radius 1 is 1.03 bits per heavy atom. The highest BCUT2D eigenvalue weighted by atomic mass is 32.1. The van der Waals surface area contributed by atoms with Crippen LogP contribution in [0.25, 0.3) is 11.1 Å². The molecule has 0 bridgehead atoms. The third-order valence-electron chi connectivity index (χ3n) is 7.07. The van der Waals surface area contributed by atoms with Gasteiger partial charge < -0.3 is 19.8 Å². The molecule has 33 heavy (non-hydrogen) atoms. The third kappa shape index (κ3) is 3.97. The highest BCUT2D eigenvalue weighted by molar-refractivity contribution is 7.71. The van der Waals surface area contributed by atoms with Crippen LogP contribution in [0.5, 0.6) is 11.6 Å². The first-order valence-corrected chi connectivity index (χ1v) is 11.5. The first-order chi connectivity index (χ1) is 15.4. The van der Waals surface area contributed by atoms with Gasteiger partial charge in [0, 0.05) is 6.42 Å². The quantitative estimate of drug-likeness (QED) is 0.359. The predicted octanol–water partition coefficient (Wildman–Crippen LogP) is 6.98. The van der Waals surface area contributed by atoms with E-state index in [0.29, 0.717) is 11.3 Å². The predicted molar refractivity (Wildman–Crippen MR) is 129 cm³/mol. The lowest BCUT2D eigenvalue weighted by Gasteiger charge is -2.42. The van der Waals surface area contributed by atoms with Crippen molar-refractivity contribution in [2.24, 2.45) is 0 Å². The molecular formula is C26H30F2N2O2S. The second-order valence-corrected chi connectivity index (χ2v) is 10.7. The lowest BCUT2D eigenvalue weighted by Crippen LogP contribution is -2.34. The fourth-order valence-electron chi connectivity index (χ4n) is 4.95. The lowest BCUT2D eigenvalue weighted by molar-refractivity contribution is 0.332. The number of hydrogen-bond acceptors (Lipinski definition) is 3. The maximum absolute atomic E-state index is 16.0. The number of nitrogens with one attached hydrogen (secondary N) is 2. The number of aromatic hydroxyl groups is 1. The van der Waals surface area contributed by atoms with Crippen LogP contribution in [-0.4, -0.2) is 22.2 Å². The summed E-state index contributed by atoms with van der Waals surface area (Å²) in [5.41, 5.74) is 4.28. The Bertz CT molecular complexity index is 1300. The van der Waals surface area contributed by atoms with Gasteiger partial charge in [0.1, 0.15) is 5.82 Å². The van der Waals surface area contributed by atoms with E-state index in [1.807, 2.05) is 13.0 Å². The molecule has 1 aromatic heterocycles. The number of hydrogen-bond donors (Lipinski definition) is 3. The third-order valence-corrected chi connectivity index (χ3v) is 7.27. The van der Waals surface area contributed by atoms with Gasteiger partial charge in [0.2, 0.25) is 5.88 Å². The van der Waals surface area contributed by atoms with Crippen LogP contribution in [0.2, 0.25) is 0 Å². The average Bonchev–Trinajstić information content (AvgIpc) is 3.04. The molecule has 0 amide bonds. The number of aryl methyl sites for hydroxylation is 1. The van der Waals surface area contributed by atoms with Crippen LogP contribution in [0.15, 0.2) is 18.2 Å². The summed E-state index contributed by atoms with van der Waals surface area (Å²) in [6.45, 7) is 10.8. The minimum Gasteiger partial charge on any atom is -0.493 e. The second-order valence-electron chi connectivity index (χ2n) is 10.3. The van der Waals surface area contributed by atoms with Gasteiger partial charge in [-0.25, -0.2) is 8.78 Å². The lowest BCUT2D eigenvalue weighted by atomic mass is 9.62. The van der Waals surface area contributed by atoms with Crippen LogP contribution in [0.4, 0.5) is 8.78 Å². The number of aromatic nitrogens is 2. The van der Waals surface area contributed by atoms with E-state index < -0.39 is 11.6 Å². The van der Waals surface area contributed by atoms with Crippen molar-refractivity contribution in [1.82, 2.24) is 9.97 Å². The summed E-state index contributed by atoms with van der Waals surface area (Å²) in [6, 6.07) is 5.24. The molecule has 176 valence electrons. The van der Waals surface area contributed by atoms with Crippen molar-refractivity contribution < 1.29 is 18.6 Å². The number of aromatic amines is 2. The number of fused-ring (bicyclic) bond motifs is 1. The largest absolute Gasteiger partial charge is 0.493 e. The van der Waals surface area contributed by atoms with E-state index in [9.17, 15) is 5.11 Å². The number of halogens is 2. The average molecular weight is 473 g/mol. The maximum Gasteiger partial charge on any atom is 0.210 e. The van der Waals surface area contributed by atoms with Crippen molar-refractivity contribution in [3.63, 3.8) is 0 Å². The molecule has 0 fully saturated rings. The van der Waals surface area contributed by atoms with E-state index in [-0.39, 0.29) is 44.8 Å². The summed E-state index contributed by atoms with van der Waals surface area (Å²) in [5.74, 6) is -1.55. The molecule has 4 rings (SSSR count). The van der Waals surface area contributed by atoms with E-state index >= 15 is 8.78 Å². The number of benzene rings is 2. The number of methoxy groups -OCH3 is 1. The van der Waals surface area contributed by atoms with Crippen LogP contribution in [0.1, 0.15) is 68.5 Å². The molecular weight excluding hydrogens is 442 g/mol. The molecule has 1 aliphatic rings. The molecule has 0 saturated heterocycles. The van der Waals surface area contributed by atoms with E-state index in [1.165, 1.54) is 12.7 Å². The molecule has 1 aliphatic carbocycles. The molecule has 0 spiro atoms. The fourth-order valence-corrected chi connectivity index (χ4v) is 5.17. The summed E-state index contributed by atoms with van der Waals surface area (Å²) in [7, 11) is 1.34. The highest BCUT2D eigenvalue weighted by Crippen LogP contribution is 2.49. The Labute approximate surface area is 198 Å². The number of rotatable bonds is 4. The zero-order chi connectivity index (χ0) is 24.3. The van der Waals surface area contributed by atoms with Gasteiger partial charge in [0.15, 0.2) is 16.3 Å². The Kier molecular flexibility index (Phi) is 5.68. The molecule has 0 radical (unpaired) electrons. The van der Waals surface area contributed by atoms with Crippen LogP contribution >= 0.6 is 12.2 Å². The Balaban J connectivity index is 1.96. The summed E-state index contributed by atoms with van der Waals surface area (Å²) < 4.78 is 36.7. The minimum absolute atomic E-state index is 0.00738. The van der Waals surface area contributed by atoms with Crippen molar-refractivity contribution in [3.05, 3.63) is 62.6 Å². The fraction of sp³-hybridized carbons (Fsp3) is 0.423. The van der Waals surface area contributed by atoms with Gasteiger partial charge in [0.25, 0.3) is 0 Å². The Morgan fingerprint density at radius 3 is 2.18 bits per heavy atom. The molecule has 0 saturated carbocycles. The molecule has 0 unspecified atom stereocenters. The molecule has 3 N–H and O–H groups in total. The molecule has 0 atom stereocenters. The monoisotopic (exact) mass is 472 g/mol. The smallest absolute Gasteiger partial charge is 0.210 e. The minimum atomic E-state index is -0.658. The standard InChI is InChI=1S/C26H30F2N2O2S/c1-13-9-16-17(26(4,5)8-7-25(16,2)3)12-15(13)20-21(28)14(10-18(27)22(20)32-6)11-19-23(31)30-24(33)29-19/h9-10,12,31H,7-8,11H2,1-6H3,(H2,29,30,33). The second kappa shape index (κ2) is 7.97. The van der Waals surface area contributed by atoms with E-state index in [4.69, 9.17) is 17.0 Å². The molecule has 7 heteroatoms. The molecule has 2 aromatic carbocycles. The number of ether oxygens (including phenoxy) is 1. The van der Waals surface area contributed by atoms with E-state index in [0.717, 1.165) is 30.0 Å². The van der Waals surface area contributed by atoms with Gasteiger partial charge in [-0.15, -0.1) is 0 Å². The summed E-state index contributed by atoms with van der Waals surface area (Å²) in [5, 5.41) is 10.0. The number of H-pyrrole nitrogens is 2. The number of imidazole rings is 1. The molecule has 1 heterocycles. The Morgan fingerprint density at radius 2 is 1.64 bits per heavy atom. The van der Waals surface area contributed by atoms with Crippen LogP contribution < -0.4 is 4.74 Å². The topological polar surface area (TPSA) is 61.0 Å². The summed E-state index contributed by atoms with van der Waals surface area (Å²) in [4.78, 5) is 5.35. The molecule has 4 nitrogen and oxygen atoms in total. The van der Waals surface area contributed by atoms with Crippen molar-refractivity contribution in [3.8, 4) is 22.8 Å². The SMILES string of the molecule is COc1c(F)cc(Cc2[nH]c(=S)[nH]c2O)c(F)c1-c1cc2c(cc1C)C(C)(C)CCC2(C)C. The highest BCUT2D eigenvalue weighted by Gasteiger charge is 2.38. The van der Waals surface area contributed by atoms with Gasteiger partial charge in [-0.3, -0.25) is 0 Å². The van der Waals surface area contributed by atoms with E-state index in [2.05, 4.69) is 43.7 Å². The van der Waals surface area contributed by atoms with Crippen molar-refractivity contribution in [2.45, 2.75) is 64.7 Å². The summed E-state index contributed by atoms with van der Waals surface area (Å²) >= 11 is 4.99. The molecule has 3 aromatic rings. The normalized spacial score (nSPS) is 16.5. The maximum atomic E-state index is 16.0. The van der Waals surface area contributed by atoms with Gasteiger partial charge >= 0.3 is 0 Å². The van der Waals surface area contributed by atoms with Crippen LogP contribution in [0, 0.1) is 23.3 Å². The van der Waals surface area contributed by atoms with Crippen molar-refractivity contribution in [1.29, 1.82) is 0 Å². The first-order valence-electron chi connectivity index (χ1n) is 11.1. The van der Waals surface area contributed by atoms with Crippen LogP contribution in [0.3, 0.4) is 0 Å². The van der Waals surface area contributed by atoms with Crippen LogP contribution in [-0.2, 0) is 17.3 Å². The molecule has 0 aliphatic heterocycles.